The highest BCUT2D eigenvalue weighted by molar-refractivity contribution is 5.77. The van der Waals surface area contributed by atoms with Gasteiger partial charge in [0.25, 0.3) is 0 Å². The van der Waals surface area contributed by atoms with E-state index in [9.17, 15) is 4.79 Å². The summed E-state index contributed by atoms with van der Waals surface area (Å²) in [5, 5.41) is 0. The first-order valence-corrected chi connectivity index (χ1v) is 8.08. The SMILES string of the molecule is COC[C@H]1CCCCN1C(=O)C[C@@H](C)c1ccccc1OC. The Hall–Kier alpha value is -1.55. The molecular formula is C18H27NO3. The third-order valence-electron chi connectivity index (χ3n) is 4.46. The molecule has 0 bridgehead atoms. The summed E-state index contributed by atoms with van der Waals surface area (Å²) >= 11 is 0. The van der Waals surface area contributed by atoms with Crippen LogP contribution in [-0.4, -0.2) is 44.2 Å². The fourth-order valence-corrected chi connectivity index (χ4v) is 3.26. The lowest BCUT2D eigenvalue weighted by Crippen LogP contribution is -2.46. The van der Waals surface area contributed by atoms with Gasteiger partial charge in [-0.15, -0.1) is 0 Å². The van der Waals surface area contributed by atoms with E-state index in [4.69, 9.17) is 9.47 Å². The number of hydrogen-bond acceptors (Lipinski definition) is 3. The molecule has 1 fully saturated rings. The molecule has 1 aliphatic rings. The van der Waals surface area contributed by atoms with Crippen LogP contribution in [0.1, 0.15) is 44.1 Å². The van der Waals surface area contributed by atoms with Crippen molar-refractivity contribution < 1.29 is 14.3 Å². The van der Waals surface area contributed by atoms with Crippen LogP contribution in [0, 0.1) is 0 Å². The molecular weight excluding hydrogens is 278 g/mol. The molecule has 22 heavy (non-hydrogen) atoms. The van der Waals surface area contributed by atoms with Crippen LogP contribution in [-0.2, 0) is 9.53 Å². The summed E-state index contributed by atoms with van der Waals surface area (Å²) in [4.78, 5) is 14.7. The number of amides is 1. The minimum atomic E-state index is 0.147. The van der Waals surface area contributed by atoms with E-state index in [1.807, 2.05) is 29.2 Å². The topological polar surface area (TPSA) is 38.8 Å². The highest BCUT2D eigenvalue weighted by Gasteiger charge is 2.28. The van der Waals surface area contributed by atoms with E-state index in [2.05, 4.69) is 6.92 Å². The van der Waals surface area contributed by atoms with E-state index < -0.39 is 0 Å². The van der Waals surface area contributed by atoms with Gasteiger partial charge in [-0.25, -0.2) is 0 Å². The van der Waals surface area contributed by atoms with E-state index in [1.54, 1.807) is 14.2 Å². The second kappa shape index (κ2) is 8.18. The average molecular weight is 305 g/mol. The minimum Gasteiger partial charge on any atom is -0.496 e. The minimum absolute atomic E-state index is 0.147. The number of ether oxygens (including phenoxy) is 2. The van der Waals surface area contributed by atoms with Crippen LogP contribution in [0.25, 0.3) is 0 Å². The first kappa shape index (κ1) is 16.8. The molecule has 0 radical (unpaired) electrons. The standard InChI is InChI=1S/C18H27NO3/c1-14(16-9-4-5-10-17(16)22-3)12-18(20)19-11-7-6-8-15(19)13-21-2/h4-5,9-10,14-15H,6-8,11-13H2,1-3H3/t14-,15-/m1/s1. The zero-order valence-electron chi connectivity index (χ0n) is 13.9. The average Bonchev–Trinajstić information content (AvgIpc) is 2.55. The third kappa shape index (κ3) is 4.01. The van der Waals surface area contributed by atoms with Crippen LogP contribution in [0.4, 0.5) is 0 Å². The van der Waals surface area contributed by atoms with Gasteiger partial charge in [0.05, 0.1) is 19.8 Å². The Morgan fingerprint density at radius 2 is 2.09 bits per heavy atom. The Morgan fingerprint density at radius 1 is 1.32 bits per heavy atom. The van der Waals surface area contributed by atoms with Gasteiger partial charge in [-0.3, -0.25) is 4.79 Å². The summed E-state index contributed by atoms with van der Waals surface area (Å²) < 4.78 is 10.7. The van der Waals surface area contributed by atoms with Gasteiger partial charge in [-0.05, 0) is 36.8 Å². The number of nitrogens with zero attached hydrogens (tertiary/aromatic N) is 1. The molecule has 0 N–H and O–H groups in total. The molecule has 0 aromatic heterocycles. The van der Waals surface area contributed by atoms with Crippen molar-refractivity contribution in [3.8, 4) is 5.75 Å². The lowest BCUT2D eigenvalue weighted by atomic mass is 9.94. The van der Waals surface area contributed by atoms with Crippen molar-refractivity contribution in [3.63, 3.8) is 0 Å². The van der Waals surface area contributed by atoms with Crippen LogP contribution < -0.4 is 4.74 Å². The molecule has 4 heteroatoms. The van der Waals surface area contributed by atoms with E-state index in [1.165, 1.54) is 6.42 Å². The Kier molecular flexibility index (Phi) is 6.25. The van der Waals surface area contributed by atoms with Crippen molar-refractivity contribution in [1.82, 2.24) is 4.90 Å². The zero-order valence-corrected chi connectivity index (χ0v) is 13.9. The fraction of sp³-hybridized carbons (Fsp3) is 0.611. The largest absolute Gasteiger partial charge is 0.496 e. The van der Waals surface area contributed by atoms with Crippen molar-refractivity contribution in [2.45, 2.75) is 44.6 Å². The first-order chi connectivity index (χ1) is 10.7. The van der Waals surface area contributed by atoms with Gasteiger partial charge in [0, 0.05) is 20.1 Å². The molecule has 1 heterocycles. The lowest BCUT2D eigenvalue weighted by Gasteiger charge is -2.36. The molecule has 2 rings (SSSR count). The van der Waals surface area contributed by atoms with Gasteiger partial charge in [0.1, 0.15) is 5.75 Å². The number of rotatable bonds is 6. The van der Waals surface area contributed by atoms with Crippen molar-refractivity contribution in [1.29, 1.82) is 0 Å². The normalized spacial score (nSPS) is 19.8. The number of carbonyl (C=O) groups is 1. The molecule has 1 amide bonds. The summed E-state index contributed by atoms with van der Waals surface area (Å²) in [5.41, 5.74) is 1.10. The number of piperidine rings is 1. The van der Waals surface area contributed by atoms with Crippen LogP contribution in [0.2, 0.25) is 0 Å². The Bertz CT molecular complexity index is 487. The van der Waals surface area contributed by atoms with E-state index in [0.29, 0.717) is 13.0 Å². The molecule has 122 valence electrons. The number of carbonyl (C=O) groups excluding carboxylic acids is 1. The fourth-order valence-electron chi connectivity index (χ4n) is 3.26. The third-order valence-corrected chi connectivity index (χ3v) is 4.46. The van der Waals surface area contributed by atoms with Crippen molar-refractivity contribution >= 4 is 5.91 Å². The molecule has 4 nitrogen and oxygen atoms in total. The number of benzene rings is 1. The molecule has 0 saturated carbocycles. The molecule has 1 aromatic carbocycles. The van der Waals surface area contributed by atoms with Gasteiger partial charge < -0.3 is 14.4 Å². The summed E-state index contributed by atoms with van der Waals surface area (Å²) in [6.07, 6.45) is 3.83. The van der Waals surface area contributed by atoms with Gasteiger partial charge >= 0.3 is 0 Å². The van der Waals surface area contributed by atoms with Crippen molar-refractivity contribution in [2.75, 3.05) is 27.4 Å². The van der Waals surface area contributed by atoms with Crippen molar-refractivity contribution in [3.05, 3.63) is 29.8 Å². The Labute approximate surface area is 133 Å². The van der Waals surface area contributed by atoms with Crippen LogP contribution in [0.5, 0.6) is 5.75 Å². The number of likely N-dealkylation sites (tertiary alicyclic amines) is 1. The van der Waals surface area contributed by atoms with Crippen LogP contribution >= 0.6 is 0 Å². The monoisotopic (exact) mass is 305 g/mol. The van der Waals surface area contributed by atoms with Crippen molar-refractivity contribution in [2.24, 2.45) is 0 Å². The van der Waals surface area contributed by atoms with Gasteiger partial charge in [0.15, 0.2) is 0 Å². The maximum atomic E-state index is 12.7. The van der Waals surface area contributed by atoms with E-state index >= 15 is 0 Å². The Morgan fingerprint density at radius 3 is 2.82 bits per heavy atom. The number of methoxy groups -OCH3 is 2. The second-order valence-electron chi connectivity index (χ2n) is 6.04. The lowest BCUT2D eigenvalue weighted by molar-refractivity contribution is -0.136. The Balaban J connectivity index is 2.03. The molecule has 0 unspecified atom stereocenters. The molecule has 0 aliphatic carbocycles. The molecule has 2 atom stereocenters. The molecule has 1 saturated heterocycles. The number of hydrogen-bond donors (Lipinski definition) is 0. The smallest absolute Gasteiger partial charge is 0.223 e. The summed E-state index contributed by atoms with van der Waals surface area (Å²) in [6, 6.07) is 8.17. The van der Waals surface area contributed by atoms with E-state index in [0.717, 1.165) is 30.7 Å². The maximum Gasteiger partial charge on any atom is 0.223 e. The highest BCUT2D eigenvalue weighted by Crippen LogP contribution is 2.30. The highest BCUT2D eigenvalue weighted by atomic mass is 16.5. The predicted molar refractivity (Wildman–Crippen MR) is 87.3 cm³/mol. The summed E-state index contributed by atoms with van der Waals surface area (Å²) in [7, 11) is 3.38. The molecule has 0 spiro atoms. The molecule has 1 aliphatic heterocycles. The maximum absolute atomic E-state index is 12.7. The first-order valence-electron chi connectivity index (χ1n) is 8.08. The number of para-hydroxylation sites is 1. The van der Waals surface area contributed by atoms with Crippen LogP contribution in [0.15, 0.2) is 24.3 Å². The van der Waals surface area contributed by atoms with Gasteiger partial charge in [-0.1, -0.05) is 25.1 Å². The quantitative estimate of drug-likeness (QED) is 0.810. The van der Waals surface area contributed by atoms with E-state index in [-0.39, 0.29) is 17.9 Å². The molecule has 1 aromatic rings. The predicted octanol–water partition coefficient (Wildman–Crippen LogP) is 3.22. The zero-order chi connectivity index (χ0) is 15.9. The second-order valence-corrected chi connectivity index (χ2v) is 6.04. The summed E-state index contributed by atoms with van der Waals surface area (Å²) in [6.45, 7) is 3.57. The summed E-state index contributed by atoms with van der Waals surface area (Å²) in [5.74, 6) is 1.23. The van der Waals surface area contributed by atoms with Gasteiger partial charge in [0.2, 0.25) is 5.91 Å². The van der Waals surface area contributed by atoms with Crippen LogP contribution in [0.3, 0.4) is 0 Å². The van der Waals surface area contributed by atoms with Gasteiger partial charge in [-0.2, -0.15) is 0 Å².